The van der Waals surface area contributed by atoms with E-state index in [-0.39, 0.29) is 23.5 Å². The van der Waals surface area contributed by atoms with E-state index in [1.54, 1.807) is 0 Å². The van der Waals surface area contributed by atoms with E-state index in [0.717, 1.165) is 33.7 Å². The van der Waals surface area contributed by atoms with Crippen LogP contribution in [0.25, 0.3) is 0 Å². The quantitative estimate of drug-likeness (QED) is 0.862. The van der Waals surface area contributed by atoms with Gasteiger partial charge in [0.05, 0.1) is 6.61 Å². The Morgan fingerprint density at radius 2 is 1.75 bits per heavy atom. The van der Waals surface area contributed by atoms with Gasteiger partial charge in [0.25, 0.3) is 0 Å². The van der Waals surface area contributed by atoms with Crippen LogP contribution < -0.4 is 10.1 Å². The lowest BCUT2D eigenvalue weighted by Gasteiger charge is -2.35. The summed E-state index contributed by atoms with van der Waals surface area (Å²) >= 11 is 0. The van der Waals surface area contributed by atoms with E-state index < -0.39 is 0 Å². The topological polar surface area (TPSA) is 55.4 Å². The summed E-state index contributed by atoms with van der Waals surface area (Å²) in [6, 6.07) is 16.0. The molecule has 1 aliphatic heterocycles. The van der Waals surface area contributed by atoms with Gasteiger partial charge in [0.15, 0.2) is 5.78 Å². The number of carbonyl (C=O) groups excluding carboxylic acids is 2. The monoisotopic (exact) mass is 375 g/mol. The fourth-order valence-electron chi connectivity index (χ4n) is 4.44. The fourth-order valence-corrected chi connectivity index (χ4v) is 4.44. The molecule has 2 aromatic rings. The van der Waals surface area contributed by atoms with Gasteiger partial charge >= 0.3 is 0 Å². The molecule has 2 aromatic carbocycles. The molecule has 4 rings (SSSR count). The van der Waals surface area contributed by atoms with Crippen molar-refractivity contribution in [3.05, 3.63) is 76.5 Å². The van der Waals surface area contributed by atoms with E-state index in [1.807, 2.05) is 62.4 Å². The van der Waals surface area contributed by atoms with E-state index in [2.05, 4.69) is 5.32 Å². The number of ether oxygens (including phenoxy) is 1. The molecule has 144 valence electrons. The summed E-state index contributed by atoms with van der Waals surface area (Å²) in [5.74, 6) is 0.913. The molecule has 2 unspecified atom stereocenters. The van der Waals surface area contributed by atoms with E-state index in [1.165, 1.54) is 0 Å². The third-order valence-electron chi connectivity index (χ3n) is 5.76. The summed E-state index contributed by atoms with van der Waals surface area (Å²) < 4.78 is 5.51. The predicted molar refractivity (Wildman–Crippen MR) is 108 cm³/mol. The van der Waals surface area contributed by atoms with Gasteiger partial charge in [-0.3, -0.25) is 9.59 Å². The van der Waals surface area contributed by atoms with E-state index >= 15 is 0 Å². The lowest BCUT2D eigenvalue weighted by Crippen LogP contribution is -2.38. The van der Waals surface area contributed by atoms with Gasteiger partial charge in [0.1, 0.15) is 5.75 Å². The Morgan fingerprint density at radius 3 is 2.46 bits per heavy atom. The van der Waals surface area contributed by atoms with E-state index in [0.29, 0.717) is 25.9 Å². The zero-order valence-electron chi connectivity index (χ0n) is 16.3. The first-order valence-corrected chi connectivity index (χ1v) is 9.91. The van der Waals surface area contributed by atoms with Crippen LogP contribution in [0.1, 0.15) is 54.7 Å². The number of ketones is 1. The highest BCUT2D eigenvalue weighted by atomic mass is 16.5. The molecular weight excluding hydrogens is 350 g/mol. The molecule has 2 aliphatic rings. The highest BCUT2D eigenvalue weighted by Crippen LogP contribution is 2.43. The van der Waals surface area contributed by atoms with Crippen LogP contribution in [0, 0.1) is 6.92 Å². The van der Waals surface area contributed by atoms with Gasteiger partial charge in [-0.25, -0.2) is 0 Å². The van der Waals surface area contributed by atoms with Crippen molar-refractivity contribution >= 4 is 11.7 Å². The van der Waals surface area contributed by atoms with Crippen molar-refractivity contribution < 1.29 is 14.3 Å². The number of rotatable bonds is 4. The summed E-state index contributed by atoms with van der Waals surface area (Å²) in [6.45, 7) is 4.63. The van der Waals surface area contributed by atoms with Crippen LogP contribution in [0.4, 0.5) is 0 Å². The predicted octanol–water partition coefficient (Wildman–Crippen LogP) is 4.40. The van der Waals surface area contributed by atoms with Crippen LogP contribution >= 0.6 is 0 Å². The zero-order valence-corrected chi connectivity index (χ0v) is 16.3. The lowest BCUT2D eigenvalue weighted by molar-refractivity contribution is -0.122. The summed E-state index contributed by atoms with van der Waals surface area (Å²) in [6.07, 6.45) is 1.50. The number of Topliss-reactive ketones (excluding diaryl/α,β-unsaturated/α-hetero) is 1. The molecule has 1 amide bonds. The van der Waals surface area contributed by atoms with Crippen molar-refractivity contribution in [1.82, 2.24) is 5.32 Å². The molecule has 2 atom stereocenters. The molecule has 0 saturated carbocycles. The molecular formula is C24H25NO3. The van der Waals surface area contributed by atoms with Gasteiger partial charge in [-0.2, -0.15) is 0 Å². The summed E-state index contributed by atoms with van der Waals surface area (Å²) in [4.78, 5) is 25.6. The Kier molecular flexibility index (Phi) is 5.03. The normalized spacial score (nSPS) is 21.9. The minimum atomic E-state index is -0.140. The molecule has 28 heavy (non-hydrogen) atoms. The smallest absolute Gasteiger partial charge is 0.225 e. The van der Waals surface area contributed by atoms with E-state index in [4.69, 9.17) is 4.74 Å². The Balaban J connectivity index is 1.66. The van der Waals surface area contributed by atoms with Crippen molar-refractivity contribution in [3.8, 4) is 5.75 Å². The van der Waals surface area contributed by atoms with Gasteiger partial charge in [0, 0.05) is 30.0 Å². The Morgan fingerprint density at radius 1 is 1.00 bits per heavy atom. The number of nitrogens with one attached hydrogen (secondary N) is 1. The molecule has 0 aromatic heterocycles. The van der Waals surface area contributed by atoms with Crippen molar-refractivity contribution in [2.45, 2.75) is 44.9 Å². The lowest BCUT2D eigenvalue weighted by atomic mass is 9.73. The molecule has 1 aliphatic carbocycles. The maximum Gasteiger partial charge on any atom is 0.225 e. The SMILES string of the molecule is CCOc1ccc(C2CC(=O)C3=C(C2)NC(=O)CC3c2ccccc2C)cc1. The first-order valence-electron chi connectivity index (χ1n) is 9.91. The standard InChI is InChI=1S/C24H25NO3/c1-3-28-18-10-8-16(9-11-18)17-12-21-24(22(26)13-17)20(14-23(27)25-21)19-7-5-4-6-15(19)2/h4-11,17,20H,3,12-14H2,1-2H3,(H,25,27). The first kappa shape index (κ1) is 18.5. The number of benzene rings is 2. The number of hydrogen-bond donors (Lipinski definition) is 1. The summed E-state index contributed by atoms with van der Waals surface area (Å²) in [5, 5.41) is 2.99. The molecule has 0 radical (unpaired) electrons. The second kappa shape index (κ2) is 7.63. The minimum Gasteiger partial charge on any atom is -0.494 e. The highest BCUT2D eigenvalue weighted by molar-refractivity contribution is 6.02. The Hall–Kier alpha value is -2.88. The maximum atomic E-state index is 13.1. The third kappa shape index (κ3) is 3.47. The van der Waals surface area contributed by atoms with Gasteiger partial charge in [0.2, 0.25) is 5.91 Å². The molecule has 4 nitrogen and oxygen atoms in total. The van der Waals surface area contributed by atoms with E-state index in [9.17, 15) is 9.59 Å². The molecule has 0 saturated heterocycles. The Labute approximate surface area is 165 Å². The molecule has 0 bridgehead atoms. The third-order valence-corrected chi connectivity index (χ3v) is 5.76. The second-order valence-electron chi connectivity index (χ2n) is 7.58. The minimum absolute atomic E-state index is 0.00727. The number of amides is 1. The van der Waals surface area contributed by atoms with Crippen LogP contribution in [0.2, 0.25) is 0 Å². The van der Waals surface area contributed by atoms with Gasteiger partial charge in [-0.05, 0) is 55.0 Å². The molecule has 4 heteroatoms. The maximum absolute atomic E-state index is 13.1. The van der Waals surface area contributed by atoms with Gasteiger partial charge < -0.3 is 10.1 Å². The Bertz CT molecular complexity index is 943. The van der Waals surface area contributed by atoms with Crippen molar-refractivity contribution in [2.24, 2.45) is 0 Å². The average Bonchev–Trinajstić information content (AvgIpc) is 2.68. The van der Waals surface area contributed by atoms with Gasteiger partial charge in [-0.15, -0.1) is 0 Å². The molecule has 1 heterocycles. The fraction of sp³-hybridized carbons (Fsp3) is 0.333. The average molecular weight is 375 g/mol. The molecule has 1 N–H and O–H groups in total. The van der Waals surface area contributed by atoms with Crippen molar-refractivity contribution in [2.75, 3.05) is 6.61 Å². The number of carbonyl (C=O) groups is 2. The highest BCUT2D eigenvalue weighted by Gasteiger charge is 2.38. The first-order chi connectivity index (χ1) is 13.6. The van der Waals surface area contributed by atoms with Crippen LogP contribution in [-0.4, -0.2) is 18.3 Å². The van der Waals surface area contributed by atoms with Crippen molar-refractivity contribution in [3.63, 3.8) is 0 Å². The zero-order chi connectivity index (χ0) is 19.7. The summed E-state index contributed by atoms with van der Waals surface area (Å²) in [5.41, 5.74) is 4.92. The van der Waals surface area contributed by atoms with Crippen LogP contribution in [0.15, 0.2) is 59.8 Å². The summed E-state index contributed by atoms with van der Waals surface area (Å²) in [7, 11) is 0. The van der Waals surface area contributed by atoms with Crippen LogP contribution in [0.3, 0.4) is 0 Å². The van der Waals surface area contributed by atoms with Crippen LogP contribution in [0.5, 0.6) is 5.75 Å². The number of allylic oxidation sites excluding steroid dienone is 2. The van der Waals surface area contributed by atoms with Crippen LogP contribution in [-0.2, 0) is 9.59 Å². The molecule has 0 spiro atoms. The molecule has 0 fully saturated rings. The van der Waals surface area contributed by atoms with Gasteiger partial charge in [-0.1, -0.05) is 36.4 Å². The largest absolute Gasteiger partial charge is 0.494 e. The number of aryl methyl sites for hydroxylation is 1. The second-order valence-corrected chi connectivity index (χ2v) is 7.58. The van der Waals surface area contributed by atoms with Crippen molar-refractivity contribution in [1.29, 1.82) is 0 Å². The number of hydrogen-bond acceptors (Lipinski definition) is 3.